The van der Waals surface area contributed by atoms with Crippen LogP contribution in [0.15, 0.2) is 42.6 Å². The van der Waals surface area contributed by atoms with Gasteiger partial charge >= 0.3 is 0 Å². The zero-order chi connectivity index (χ0) is 17.2. The number of amides is 1. The van der Waals surface area contributed by atoms with Crippen molar-refractivity contribution in [2.75, 3.05) is 5.32 Å². The number of pyridine rings is 1. The van der Waals surface area contributed by atoms with Crippen LogP contribution in [-0.2, 0) is 13.0 Å². The summed E-state index contributed by atoms with van der Waals surface area (Å²) in [5, 5.41) is 11.3. The number of benzene rings is 1. The molecule has 0 aliphatic carbocycles. The van der Waals surface area contributed by atoms with Gasteiger partial charge in [-0.15, -0.1) is 10.2 Å². The fraction of sp³-hybridized carbons (Fsp3) is 0.222. The Morgan fingerprint density at radius 2 is 1.92 bits per heavy atom. The number of halogens is 1. The Labute approximate surface area is 143 Å². The van der Waals surface area contributed by atoms with Crippen molar-refractivity contribution >= 4 is 11.6 Å². The molecule has 3 heterocycles. The number of nitrogens with zero attached hydrogens (tertiary/aromatic N) is 4. The Morgan fingerprint density at radius 1 is 1.08 bits per heavy atom. The quantitative estimate of drug-likeness (QED) is 0.746. The molecule has 3 aromatic rings. The molecule has 1 aliphatic heterocycles. The molecule has 1 amide bonds. The zero-order valence-corrected chi connectivity index (χ0v) is 13.4. The number of carbonyl (C=O) groups excluding carboxylic acids is 1. The maximum atomic E-state index is 12.8. The molecule has 0 saturated heterocycles. The minimum Gasteiger partial charge on any atom is -0.322 e. The average Bonchev–Trinajstić information content (AvgIpc) is 3.07. The molecule has 7 heteroatoms. The molecular weight excluding hydrogens is 321 g/mol. The summed E-state index contributed by atoms with van der Waals surface area (Å²) in [6.45, 7) is 0.938. The zero-order valence-electron chi connectivity index (χ0n) is 13.4. The Kier molecular flexibility index (Phi) is 3.97. The first-order valence-corrected chi connectivity index (χ1v) is 8.16. The Hall–Kier alpha value is -3.09. The van der Waals surface area contributed by atoms with E-state index in [1.165, 1.54) is 12.3 Å². The minimum absolute atomic E-state index is 0.303. The van der Waals surface area contributed by atoms with Crippen molar-refractivity contribution in [2.45, 2.75) is 25.8 Å². The predicted octanol–water partition coefficient (Wildman–Crippen LogP) is 3.07. The van der Waals surface area contributed by atoms with E-state index in [0.29, 0.717) is 11.3 Å². The second-order valence-corrected chi connectivity index (χ2v) is 5.95. The van der Waals surface area contributed by atoms with Gasteiger partial charge in [-0.25, -0.2) is 4.98 Å². The Balaban J connectivity index is 1.51. The van der Waals surface area contributed by atoms with Gasteiger partial charge in [-0.1, -0.05) is 0 Å². The highest BCUT2D eigenvalue weighted by molar-refractivity contribution is 6.04. The van der Waals surface area contributed by atoms with Crippen LogP contribution in [0.5, 0.6) is 0 Å². The third kappa shape index (κ3) is 3.13. The second kappa shape index (κ2) is 6.43. The molecule has 126 valence electrons. The monoisotopic (exact) mass is 337 g/mol. The van der Waals surface area contributed by atoms with E-state index in [-0.39, 0.29) is 5.91 Å². The van der Waals surface area contributed by atoms with Gasteiger partial charge in [0, 0.05) is 30.4 Å². The third-order valence-electron chi connectivity index (χ3n) is 4.25. The topological polar surface area (TPSA) is 72.7 Å². The normalized spacial score (nSPS) is 13.3. The van der Waals surface area contributed by atoms with E-state index in [0.717, 1.165) is 49.1 Å². The van der Waals surface area contributed by atoms with Gasteiger partial charge in [0.05, 0.1) is 5.56 Å². The average molecular weight is 337 g/mol. The van der Waals surface area contributed by atoms with Crippen LogP contribution in [0.25, 0.3) is 11.4 Å². The minimum atomic E-state index is -0.613. The fourth-order valence-corrected chi connectivity index (χ4v) is 2.94. The fourth-order valence-electron chi connectivity index (χ4n) is 2.94. The number of nitrogens with one attached hydrogen (secondary N) is 1. The number of hydrogen-bond donors (Lipinski definition) is 1. The van der Waals surface area contributed by atoms with Gasteiger partial charge in [-0.2, -0.15) is 4.39 Å². The number of fused-ring (bicyclic) bond motifs is 1. The number of aromatic nitrogens is 4. The maximum Gasteiger partial charge on any atom is 0.257 e. The van der Waals surface area contributed by atoms with Crippen molar-refractivity contribution in [1.82, 2.24) is 19.7 Å². The lowest BCUT2D eigenvalue weighted by Gasteiger charge is -2.14. The van der Waals surface area contributed by atoms with E-state index in [2.05, 4.69) is 25.1 Å². The molecular formula is C18H16FN5O. The molecule has 0 spiro atoms. The van der Waals surface area contributed by atoms with Gasteiger partial charge in [0.2, 0.25) is 5.95 Å². The van der Waals surface area contributed by atoms with Gasteiger partial charge < -0.3 is 9.88 Å². The van der Waals surface area contributed by atoms with Gasteiger partial charge in [0.1, 0.15) is 5.82 Å². The molecule has 1 aromatic carbocycles. The summed E-state index contributed by atoms with van der Waals surface area (Å²) in [5.41, 5.74) is 1.91. The maximum absolute atomic E-state index is 12.8. The van der Waals surface area contributed by atoms with Crippen LogP contribution < -0.4 is 5.32 Å². The SMILES string of the molecule is O=C(Nc1ccc(-c2nnc3n2CCCC3)cc1)c1ccc(F)nc1. The molecule has 0 unspecified atom stereocenters. The summed E-state index contributed by atoms with van der Waals surface area (Å²) >= 11 is 0. The highest BCUT2D eigenvalue weighted by Gasteiger charge is 2.17. The molecule has 1 N–H and O–H groups in total. The van der Waals surface area contributed by atoms with Crippen molar-refractivity contribution in [3.8, 4) is 11.4 Å². The van der Waals surface area contributed by atoms with Crippen LogP contribution in [0.3, 0.4) is 0 Å². The molecule has 0 fully saturated rings. The smallest absolute Gasteiger partial charge is 0.257 e. The van der Waals surface area contributed by atoms with E-state index in [1.54, 1.807) is 0 Å². The lowest BCUT2D eigenvalue weighted by molar-refractivity contribution is 0.102. The van der Waals surface area contributed by atoms with Crippen LogP contribution >= 0.6 is 0 Å². The molecule has 0 atom stereocenters. The highest BCUT2D eigenvalue weighted by Crippen LogP contribution is 2.24. The summed E-state index contributed by atoms with van der Waals surface area (Å²) in [6.07, 6.45) is 4.47. The van der Waals surface area contributed by atoms with Crippen molar-refractivity contribution in [3.63, 3.8) is 0 Å². The number of rotatable bonds is 3. The number of aryl methyl sites for hydroxylation is 1. The van der Waals surface area contributed by atoms with Gasteiger partial charge in [0.25, 0.3) is 5.91 Å². The summed E-state index contributed by atoms with van der Waals surface area (Å²) < 4.78 is 15.0. The Bertz CT molecular complexity index is 902. The first kappa shape index (κ1) is 15.4. The molecule has 0 saturated carbocycles. The predicted molar refractivity (Wildman–Crippen MR) is 90.5 cm³/mol. The van der Waals surface area contributed by atoms with E-state index < -0.39 is 5.95 Å². The van der Waals surface area contributed by atoms with Crippen molar-refractivity contribution in [1.29, 1.82) is 0 Å². The van der Waals surface area contributed by atoms with E-state index in [9.17, 15) is 9.18 Å². The van der Waals surface area contributed by atoms with Crippen molar-refractivity contribution in [2.24, 2.45) is 0 Å². The number of hydrogen-bond acceptors (Lipinski definition) is 4. The van der Waals surface area contributed by atoms with Crippen LogP contribution in [0.4, 0.5) is 10.1 Å². The van der Waals surface area contributed by atoms with Gasteiger partial charge in [-0.3, -0.25) is 4.79 Å². The number of anilines is 1. The van der Waals surface area contributed by atoms with Crippen molar-refractivity contribution < 1.29 is 9.18 Å². The summed E-state index contributed by atoms with van der Waals surface area (Å²) in [7, 11) is 0. The highest BCUT2D eigenvalue weighted by atomic mass is 19.1. The second-order valence-electron chi connectivity index (χ2n) is 5.95. The van der Waals surface area contributed by atoms with Crippen LogP contribution in [0.1, 0.15) is 29.0 Å². The van der Waals surface area contributed by atoms with Gasteiger partial charge in [0.15, 0.2) is 5.82 Å². The molecule has 0 bridgehead atoms. The van der Waals surface area contributed by atoms with E-state index in [1.807, 2.05) is 24.3 Å². The van der Waals surface area contributed by atoms with E-state index in [4.69, 9.17) is 0 Å². The molecule has 1 aliphatic rings. The van der Waals surface area contributed by atoms with E-state index >= 15 is 0 Å². The molecule has 25 heavy (non-hydrogen) atoms. The first-order valence-electron chi connectivity index (χ1n) is 8.16. The van der Waals surface area contributed by atoms with Gasteiger partial charge in [-0.05, 0) is 49.2 Å². The largest absolute Gasteiger partial charge is 0.322 e. The van der Waals surface area contributed by atoms with Crippen LogP contribution in [0.2, 0.25) is 0 Å². The molecule has 2 aromatic heterocycles. The first-order chi connectivity index (χ1) is 12.2. The molecule has 6 nitrogen and oxygen atoms in total. The Morgan fingerprint density at radius 3 is 2.68 bits per heavy atom. The van der Waals surface area contributed by atoms with Crippen LogP contribution in [0, 0.1) is 5.95 Å². The number of carbonyl (C=O) groups is 1. The standard InChI is InChI=1S/C18H16FN5O/c19-15-9-6-13(11-20-15)18(25)21-14-7-4-12(5-8-14)17-23-22-16-3-1-2-10-24(16)17/h4-9,11H,1-3,10H2,(H,21,25). The third-order valence-corrected chi connectivity index (χ3v) is 4.25. The molecule has 4 rings (SSSR count). The lowest BCUT2D eigenvalue weighted by Crippen LogP contribution is -2.12. The summed E-state index contributed by atoms with van der Waals surface area (Å²) in [5.74, 6) is 0.940. The summed E-state index contributed by atoms with van der Waals surface area (Å²) in [6, 6.07) is 10.00. The van der Waals surface area contributed by atoms with Crippen LogP contribution in [-0.4, -0.2) is 25.7 Å². The van der Waals surface area contributed by atoms with Crippen molar-refractivity contribution in [3.05, 3.63) is 59.9 Å². The molecule has 0 radical (unpaired) electrons. The summed E-state index contributed by atoms with van der Waals surface area (Å²) in [4.78, 5) is 15.6. The lowest BCUT2D eigenvalue weighted by atomic mass is 10.1.